The second-order valence-corrected chi connectivity index (χ2v) is 4.91. The molecule has 1 fully saturated rings. The van der Waals surface area contributed by atoms with Gasteiger partial charge in [0.2, 0.25) is 0 Å². The second kappa shape index (κ2) is 5.14. The summed E-state index contributed by atoms with van der Waals surface area (Å²) < 4.78 is 0. The average molecular weight is 252 g/mol. The van der Waals surface area contributed by atoms with Crippen molar-refractivity contribution < 1.29 is 15.3 Å². The highest BCUT2D eigenvalue weighted by Crippen LogP contribution is 2.33. The number of nitrogens with one attached hydrogen (secondary N) is 1. The molecule has 1 aliphatic heterocycles. The van der Waals surface area contributed by atoms with Gasteiger partial charge in [-0.3, -0.25) is 4.90 Å². The Hall–Kier alpha value is -1.30. The largest absolute Gasteiger partial charge is 0.508 e. The molecule has 0 amide bonds. The van der Waals surface area contributed by atoms with Gasteiger partial charge in [-0.2, -0.15) is 0 Å². The first kappa shape index (κ1) is 13.1. The highest BCUT2D eigenvalue weighted by atomic mass is 16.3. The molecule has 1 aliphatic rings. The van der Waals surface area contributed by atoms with E-state index in [1.807, 2.05) is 6.92 Å². The molecule has 1 saturated heterocycles. The van der Waals surface area contributed by atoms with Crippen LogP contribution in [0.3, 0.4) is 0 Å². The number of aliphatic hydroxyl groups is 1. The molecule has 0 spiro atoms. The summed E-state index contributed by atoms with van der Waals surface area (Å²) in [5, 5.41) is 32.2. The predicted molar refractivity (Wildman–Crippen MR) is 68.7 cm³/mol. The number of aromatic hydroxyl groups is 2. The first-order valence-electron chi connectivity index (χ1n) is 6.16. The monoisotopic (exact) mass is 252 g/mol. The topological polar surface area (TPSA) is 76.0 Å². The highest BCUT2D eigenvalue weighted by molar-refractivity contribution is 5.40. The van der Waals surface area contributed by atoms with Gasteiger partial charge in [0.25, 0.3) is 0 Å². The summed E-state index contributed by atoms with van der Waals surface area (Å²) in [6.45, 7) is 5.27. The van der Waals surface area contributed by atoms with Crippen LogP contribution in [0.4, 0.5) is 0 Å². The van der Waals surface area contributed by atoms with E-state index in [-0.39, 0.29) is 18.1 Å². The molecule has 5 heteroatoms. The summed E-state index contributed by atoms with van der Waals surface area (Å²) in [5.74, 6) is 0.0274. The Morgan fingerprint density at radius 2 is 1.72 bits per heavy atom. The summed E-state index contributed by atoms with van der Waals surface area (Å²) in [5.41, 5.74) is 0.141. The fraction of sp³-hybridized carbons (Fsp3) is 0.538. The molecule has 0 aliphatic carbocycles. The van der Waals surface area contributed by atoms with Crippen LogP contribution >= 0.6 is 0 Å². The van der Waals surface area contributed by atoms with Gasteiger partial charge in [-0.15, -0.1) is 0 Å². The number of phenolic OH excluding ortho intramolecular Hbond substituents is 2. The summed E-state index contributed by atoms with van der Waals surface area (Å²) in [6.07, 6.45) is 0. The third-order valence-electron chi connectivity index (χ3n) is 3.65. The number of aliphatic hydroxyl groups excluding tert-OH is 1. The third-order valence-corrected chi connectivity index (χ3v) is 3.65. The zero-order chi connectivity index (χ0) is 13.2. The van der Waals surface area contributed by atoms with E-state index < -0.39 is 5.54 Å². The van der Waals surface area contributed by atoms with Gasteiger partial charge in [0, 0.05) is 32.2 Å². The Morgan fingerprint density at radius 3 is 2.22 bits per heavy atom. The van der Waals surface area contributed by atoms with Crippen molar-refractivity contribution in [2.45, 2.75) is 12.5 Å². The number of rotatable bonds is 3. The molecule has 2 rings (SSSR count). The van der Waals surface area contributed by atoms with Crippen LogP contribution in [-0.2, 0) is 5.54 Å². The Labute approximate surface area is 107 Å². The molecule has 0 radical (unpaired) electrons. The lowest BCUT2D eigenvalue weighted by Crippen LogP contribution is -2.54. The van der Waals surface area contributed by atoms with Crippen molar-refractivity contribution >= 4 is 0 Å². The van der Waals surface area contributed by atoms with E-state index in [1.165, 1.54) is 6.07 Å². The molecule has 4 N–H and O–H groups in total. The maximum atomic E-state index is 9.75. The van der Waals surface area contributed by atoms with E-state index in [0.717, 1.165) is 31.7 Å². The van der Waals surface area contributed by atoms with E-state index in [4.69, 9.17) is 0 Å². The number of phenols is 2. The van der Waals surface area contributed by atoms with E-state index >= 15 is 0 Å². The Kier molecular flexibility index (Phi) is 3.75. The maximum absolute atomic E-state index is 9.75. The van der Waals surface area contributed by atoms with Crippen LogP contribution in [0.15, 0.2) is 18.2 Å². The first-order valence-corrected chi connectivity index (χ1v) is 6.16. The Balaban J connectivity index is 2.35. The molecular weight excluding hydrogens is 232 g/mol. The van der Waals surface area contributed by atoms with Gasteiger partial charge in [0.1, 0.15) is 11.5 Å². The number of hydrogen-bond acceptors (Lipinski definition) is 5. The molecule has 5 nitrogen and oxygen atoms in total. The molecule has 1 heterocycles. The standard InChI is InChI=1S/C13H20N2O3/c1-13(9-16,15-4-2-14-3-5-15)10-6-11(17)8-12(18)7-10/h6-8,14,16-18H,2-5,9H2,1H3. The minimum absolute atomic E-state index is 0.0137. The van der Waals surface area contributed by atoms with Gasteiger partial charge in [-0.25, -0.2) is 0 Å². The molecule has 1 aromatic carbocycles. The summed E-state index contributed by atoms with van der Waals surface area (Å²) in [6, 6.07) is 4.48. The van der Waals surface area contributed by atoms with Gasteiger partial charge in [0.05, 0.1) is 12.1 Å². The highest BCUT2D eigenvalue weighted by Gasteiger charge is 2.34. The Morgan fingerprint density at radius 1 is 1.17 bits per heavy atom. The minimum atomic E-state index is -0.585. The molecule has 0 bridgehead atoms. The van der Waals surface area contributed by atoms with Crippen LogP contribution < -0.4 is 5.32 Å². The van der Waals surface area contributed by atoms with Crippen molar-refractivity contribution in [3.8, 4) is 11.5 Å². The average Bonchev–Trinajstić information content (AvgIpc) is 2.37. The number of hydrogen-bond donors (Lipinski definition) is 4. The molecule has 1 aromatic rings. The lowest BCUT2D eigenvalue weighted by molar-refractivity contribution is 0.0309. The maximum Gasteiger partial charge on any atom is 0.119 e. The lowest BCUT2D eigenvalue weighted by Gasteiger charge is -2.43. The second-order valence-electron chi connectivity index (χ2n) is 4.91. The predicted octanol–water partition coefficient (Wildman–Crippen LogP) is 0.210. The van der Waals surface area contributed by atoms with Crippen LogP contribution in [0.1, 0.15) is 12.5 Å². The summed E-state index contributed by atoms with van der Waals surface area (Å²) in [7, 11) is 0. The van der Waals surface area contributed by atoms with E-state index in [9.17, 15) is 15.3 Å². The van der Waals surface area contributed by atoms with Gasteiger partial charge in [-0.05, 0) is 24.6 Å². The van der Waals surface area contributed by atoms with Gasteiger partial charge < -0.3 is 20.6 Å². The number of nitrogens with zero attached hydrogens (tertiary/aromatic N) is 1. The normalized spacial score (nSPS) is 20.6. The van der Waals surface area contributed by atoms with Crippen LogP contribution in [0.25, 0.3) is 0 Å². The van der Waals surface area contributed by atoms with Crippen LogP contribution in [0.2, 0.25) is 0 Å². The smallest absolute Gasteiger partial charge is 0.119 e. The zero-order valence-electron chi connectivity index (χ0n) is 10.6. The molecule has 18 heavy (non-hydrogen) atoms. The molecule has 1 unspecified atom stereocenters. The van der Waals surface area contributed by atoms with Crippen molar-refractivity contribution in [1.29, 1.82) is 0 Å². The van der Waals surface area contributed by atoms with Gasteiger partial charge in [-0.1, -0.05) is 0 Å². The van der Waals surface area contributed by atoms with Crippen molar-refractivity contribution in [1.82, 2.24) is 10.2 Å². The van der Waals surface area contributed by atoms with Gasteiger partial charge in [0.15, 0.2) is 0 Å². The fourth-order valence-corrected chi connectivity index (χ4v) is 2.44. The summed E-state index contributed by atoms with van der Waals surface area (Å²) in [4.78, 5) is 2.16. The number of benzene rings is 1. The minimum Gasteiger partial charge on any atom is -0.508 e. The molecule has 0 saturated carbocycles. The van der Waals surface area contributed by atoms with Crippen molar-refractivity contribution in [3.63, 3.8) is 0 Å². The van der Waals surface area contributed by atoms with E-state index in [2.05, 4.69) is 10.2 Å². The molecule has 100 valence electrons. The van der Waals surface area contributed by atoms with E-state index in [0.29, 0.717) is 0 Å². The first-order chi connectivity index (χ1) is 8.56. The molecular formula is C13H20N2O3. The third kappa shape index (κ3) is 2.43. The molecule has 0 aromatic heterocycles. The lowest BCUT2D eigenvalue weighted by atomic mass is 9.89. The Bertz CT molecular complexity index is 398. The van der Waals surface area contributed by atoms with Crippen molar-refractivity contribution in [2.75, 3.05) is 32.8 Å². The van der Waals surface area contributed by atoms with Crippen molar-refractivity contribution in [2.24, 2.45) is 0 Å². The van der Waals surface area contributed by atoms with Crippen LogP contribution in [0, 0.1) is 0 Å². The van der Waals surface area contributed by atoms with E-state index in [1.54, 1.807) is 12.1 Å². The quantitative estimate of drug-likeness (QED) is 0.619. The van der Waals surface area contributed by atoms with Crippen LogP contribution in [-0.4, -0.2) is 53.0 Å². The molecule has 1 atom stereocenters. The SMILES string of the molecule is CC(CO)(c1cc(O)cc(O)c1)N1CCNCC1. The fourth-order valence-electron chi connectivity index (χ4n) is 2.44. The zero-order valence-corrected chi connectivity index (χ0v) is 10.6. The van der Waals surface area contributed by atoms with Gasteiger partial charge >= 0.3 is 0 Å². The van der Waals surface area contributed by atoms with Crippen LogP contribution in [0.5, 0.6) is 11.5 Å². The van der Waals surface area contributed by atoms with Crippen molar-refractivity contribution in [3.05, 3.63) is 23.8 Å². The number of piperazine rings is 1. The summed E-state index contributed by atoms with van der Waals surface area (Å²) >= 11 is 0.